The second-order valence-corrected chi connectivity index (χ2v) is 4.70. The number of amides is 1. The van der Waals surface area contributed by atoms with Crippen LogP contribution in [0.25, 0.3) is 10.9 Å². The Labute approximate surface area is 115 Å². The highest BCUT2D eigenvalue weighted by atomic mass is 19.3. The minimum atomic E-state index is -3.05. The molecule has 0 aliphatic carbocycles. The number of H-pyrrole nitrogens is 1. The maximum absolute atomic E-state index is 12.9. The van der Waals surface area contributed by atoms with Gasteiger partial charge in [-0.1, -0.05) is 18.2 Å². The predicted octanol–water partition coefficient (Wildman–Crippen LogP) is 1.81. The summed E-state index contributed by atoms with van der Waals surface area (Å²) in [5.41, 5.74) is 6.90. The van der Waals surface area contributed by atoms with E-state index in [1.54, 1.807) is 0 Å². The molecule has 2 aromatic rings. The van der Waals surface area contributed by atoms with Gasteiger partial charge < -0.3 is 16.0 Å². The molecule has 0 fully saturated rings. The summed E-state index contributed by atoms with van der Waals surface area (Å²) in [4.78, 5) is 14.7. The Morgan fingerprint density at radius 1 is 1.35 bits per heavy atom. The number of carbonyl (C=O) groups is 1. The van der Waals surface area contributed by atoms with Gasteiger partial charge in [0.2, 0.25) is 5.91 Å². The van der Waals surface area contributed by atoms with Crippen molar-refractivity contribution in [1.29, 1.82) is 0 Å². The molecule has 4 nitrogen and oxygen atoms in total. The van der Waals surface area contributed by atoms with Crippen LogP contribution in [0.1, 0.15) is 12.0 Å². The first kappa shape index (κ1) is 14.5. The summed E-state index contributed by atoms with van der Waals surface area (Å²) in [5, 5.41) is 3.25. The number of rotatable bonds is 6. The lowest BCUT2D eigenvalue weighted by Gasteiger charge is -2.14. The molecule has 0 aliphatic heterocycles. The first-order valence-corrected chi connectivity index (χ1v) is 6.41. The topological polar surface area (TPSA) is 70.9 Å². The lowest BCUT2D eigenvalue weighted by atomic mass is 10.1. The van der Waals surface area contributed by atoms with Crippen LogP contribution < -0.4 is 11.1 Å². The van der Waals surface area contributed by atoms with Crippen LogP contribution in [-0.2, 0) is 11.2 Å². The summed E-state index contributed by atoms with van der Waals surface area (Å²) in [7, 11) is 0. The molecule has 1 aromatic heterocycles. The van der Waals surface area contributed by atoms with Gasteiger partial charge in [0.05, 0.1) is 13.1 Å². The molecule has 0 saturated heterocycles. The SMILES string of the molecule is NCC(F)(F)CNC(=O)CCc1c[nH]c2ccccc12. The Morgan fingerprint density at radius 2 is 2.10 bits per heavy atom. The molecule has 108 valence electrons. The van der Waals surface area contributed by atoms with Crippen molar-refractivity contribution in [1.82, 2.24) is 10.3 Å². The summed E-state index contributed by atoms with van der Waals surface area (Å²) in [6, 6.07) is 7.74. The summed E-state index contributed by atoms with van der Waals surface area (Å²) in [6.07, 6.45) is 2.51. The molecule has 1 amide bonds. The monoisotopic (exact) mass is 281 g/mol. The van der Waals surface area contributed by atoms with Crippen molar-refractivity contribution in [3.63, 3.8) is 0 Å². The number of carbonyl (C=O) groups excluding carboxylic acids is 1. The average molecular weight is 281 g/mol. The van der Waals surface area contributed by atoms with Crippen LogP contribution in [-0.4, -0.2) is 29.9 Å². The van der Waals surface area contributed by atoms with Crippen molar-refractivity contribution in [3.05, 3.63) is 36.0 Å². The maximum atomic E-state index is 12.9. The molecule has 1 heterocycles. The highest BCUT2D eigenvalue weighted by molar-refractivity contribution is 5.84. The van der Waals surface area contributed by atoms with Gasteiger partial charge in [-0.2, -0.15) is 0 Å². The van der Waals surface area contributed by atoms with E-state index in [1.165, 1.54) is 0 Å². The number of benzene rings is 1. The van der Waals surface area contributed by atoms with Crippen LogP contribution in [0, 0.1) is 0 Å². The van der Waals surface area contributed by atoms with Crippen molar-refractivity contribution >= 4 is 16.8 Å². The third kappa shape index (κ3) is 3.54. The number of para-hydroxylation sites is 1. The van der Waals surface area contributed by atoms with Crippen LogP contribution >= 0.6 is 0 Å². The molecular formula is C14H17F2N3O. The van der Waals surface area contributed by atoms with E-state index in [1.807, 2.05) is 30.5 Å². The van der Waals surface area contributed by atoms with Gasteiger partial charge in [-0.15, -0.1) is 0 Å². The van der Waals surface area contributed by atoms with Gasteiger partial charge in [0, 0.05) is 23.5 Å². The summed E-state index contributed by atoms with van der Waals surface area (Å²) < 4.78 is 25.8. The predicted molar refractivity (Wildman–Crippen MR) is 73.6 cm³/mol. The number of hydrogen-bond acceptors (Lipinski definition) is 2. The average Bonchev–Trinajstić information content (AvgIpc) is 2.86. The number of aromatic amines is 1. The van der Waals surface area contributed by atoms with Crippen molar-refractivity contribution in [2.45, 2.75) is 18.8 Å². The van der Waals surface area contributed by atoms with E-state index in [0.29, 0.717) is 6.42 Å². The number of aromatic nitrogens is 1. The Balaban J connectivity index is 1.87. The Morgan fingerprint density at radius 3 is 2.85 bits per heavy atom. The molecule has 1 aromatic carbocycles. The molecule has 0 radical (unpaired) electrons. The standard InChI is InChI=1S/C14H17F2N3O/c15-14(16,8-17)9-19-13(20)6-5-10-7-18-12-4-2-1-3-11(10)12/h1-4,7,18H,5-6,8-9,17H2,(H,19,20). The Kier molecular flexibility index (Phi) is 4.34. The number of aryl methyl sites for hydroxylation is 1. The van der Waals surface area contributed by atoms with E-state index in [0.717, 1.165) is 16.5 Å². The quantitative estimate of drug-likeness (QED) is 0.755. The number of fused-ring (bicyclic) bond motifs is 1. The van der Waals surface area contributed by atoms with E-state index in [2.05, 4.69) is 10.3 Å². The largest absolute Gasteiger partial charge is 0.361 e. The molecule has 0 unspecified atom stereocenters. The Hall–Kier alpha value is -1.95. The smallest absolute Gasteiger partial charge is 0.277 e. The van der Waals surface area contributed by atoms with E-state index in [9.17, 15) is 13.6 Å². The summed E-state index contributed by atoms with van der Waals surface area (Å²) >= 11 is 0. The molecule has 4 N–H and O–H groups in total. The minimum Gasteiger partial charge on any atom is -0.361 e. The molecule has 0 bridgehead atoms. The van der Waals surface area contributed by atoms with Gasteiger partial charge >= 0.3 is 0 Å². The van der Waals surface area contributed by atoms with Crippen molar-refractivity contribution in [3.8, 4) is 0 Å². The second-order valence-electron chi connectivity index (χ2n) is 4.70. The fourth-order valence-corrected chi connectivity index (χ4v) is 1.98. The minimum absolute atomic E-state index is 0.169. The molecule has 0 saturated carbocycles. The molecular weight excluding hydrogens is 264 g/mol. The van der Waals surface area contributed by atoms with E-state index >= 15 is 0 Å². The third-order valence-corrected chi connectivity index (χ3v) is 3.14. The second kappa shape index (κ2) is 6.00. The fourth-order valence-electron chi connectivity index (χ4n) is 1.98. The van der Waals surface area contributed by atoms with E-state index in [-0.39, 0.29) is 6.42 Å². The van der Waals surface area contributed by atoms with Gasteiger partial charge in [0.1, 0.15) is 0 Å². The molecule has 0 atom stereocenters. The fraction of sp³-hybridized carbons (Fsp3) is 0.357. The highest BCUT2D eigenvalue weighted by Crippen LogP contribution is 2.18. The first-order chi connectivity index (χ1) is 9.52. The van der Waals surface area contributed by atoms with E-state index in [4.69, 9.17) is 5.73 Å². The first-order valence-electron chi connectivity index (χ1n) is 6.41. The Bertz CT molecular complexity index is 595. The van der Waals surface area contributed by atoms with Gasteiger partial charge in [-0.3, -0.25) is 4.79 Å². The van der Waals surface area contributed by atoms with Crippen LogP contribution in [0.4, 0.5) is 8.78 Å². The van der Waals surface area contributed by atoms with Crippen molar-refractivity contribution < 1.29 is 13.6 Å². The molecule has 6 heteroatoms. The van der Waals surface area contributed by atoms with E-state index < -0.39 is 24.9 Å². The van der Waals surface area contributed by atoms with Gasteiger partial charge in [0.15, 0.2) is 0 Å². The van der Waals surface area contributed by atoms with Crippen molar-refractivity contribution in [2.75, 3.05) is 13.1 Å². The number of hydrogen-bond donors (Lipinski definition) is 3. The number of halogens is 2. The zero-order valence-electron chi connectivity index (χ0n) is 11.0. The van der Waals surface area contributed by atoms with Crippen LogP contribution in [0.5, 0.6) is 0 Å². The van der Waals surface area contributed by atoms with Gasteiger partial charge in [0.25, 0.3) is 5.92 Å². The maximum Gasteiger partial charge on any atom is 0.277 e. The number of alkyl halides is 2. The lowest BCUT2D eigenvalue weighted by Crippen LogP contribution is -2.41. The lowest BCUT2D eigenvalue weighted by molar-refractivity contribution is -0.122. The summed E-state index contributed by atoms with van der Waals surface area (Å²) in [6.45, 7) is -1.48. The highest BCUT2D eigenvalue weighted by Gasteiger charge is 2.26. The number of nitrogens with two attached hydrogens (primary N) is 1. The molecule has 0 spiro atoms. The molecule has 2 rings (SSSR count). The zero-order valence-corrected chi connectivity index (χ0v) is 11.0. The van der Waals surface area contributed by atoms with Gasteiger partial charge in [-0.05, 0) is 18.1 Å². The normalized spacial score (nSPS) is 11.8. The zero-order chi connectivity index (χ0) is 14.6. The molecule has 20 heavy (non-hydrogen) atoms. The third-order valence-electron chi connectivity index (χ3n) is 3.14. The van der Waals surface area contributed by atoms with Gasteiger partial charge in [-0.25, -0.2) is 8.78 Å². The van der Waals surface area contributed by atoms with Crippen LogP contribution in [0.2, 0.25) is 0 Å². The van der Waals surface area contributed by atoms with Crippen LogP contribution in [0.15, 0.2) is 30.5 Å². The van der Waals surface area contributed by atoms with Crippen molar-refractivity contribution in [2.24, 2.45) is 5.73 Å². The summed E-state index contributed by atoms with van der Waals surface area (Å²) in [5.74, 6) is -3.44. The van der Waals surface area contributed by atoms with Crippen LogP contribution in [0.3, 0.4) is 0 Å². The number of nitrogens with one attached hydrogen (secondary N) is 2. The molecule has 0 aliphatic rings.